The Morgan fingerprint density at radius 3 is 2.65 bits per heavy atom. The van der Waals surface area contributed by atoms with Crippen LogP contribution >= 0.6 is 11.6 Å². The second-order valence-electron chi connectivity index (χ2n) is 7.45. The maximum atomic E-state index is 12.9. The van der Waals surface area contributed by atoms with Crippen molar-refractivity contribution in [2.24, 2.45) is 5.92 Å². The van der Waals surface area contributed by atoms with E-state index in [1.165, 1.54) is 13.3 Å². The average molecular weight is 440 g/mol. The number of amides is 2. The molecule has 3 aromatic rings. The molecule has 160 valence electrons. The van der Waals surface area contributed by atoms with Gasteiger partial charge in [-0.1, -0.05) is 11.6 Å². The summed E-state index contributed by atoms with van der Waals surface area (Å²) in [5.74, 6) is 0.0196. The zero-order chi connectivity index (χ0) is 21.8. The van der Waals surface area contributed by atoms with Crippen LogP contribution in [0.1, 0.15) is 36.0 Å². The molecule has 0 aliphatic heterocycles. The van der Waals surface area contributed by atoms with Gasteiger partial charge in [-0.2, -0.15) is 0 Å². The Morgan fingerprint density at radius 1 is 1.10 bits per heavy atom. The van der Waals surface area contributed by atoms with Gasteiger partial charge in [-0.05, 0) is 43.9 Å². The van der Waals surface area contributed by atoms with Crippen molar-refractivity contribution in [3.05, 3.63) is 53.4 Å². The van der Waals surface area contributed by atoms with E-state index in [4.69, 9.17) is 16.3 Å². The summed E-state index contributed by atoms with van der Waals surface area (Å²) in [6.07, 6.45) is 7.48. The van der Waals surface area contributed by atoms with Gasteiger partial charge in [0.1, 0.15) is 5.52 Å². The number of carbonyl (C=O) groups excluding carboxylic acids is 2. The average Bonchev–Trinajstić information content (AvgIpc) is 2.80. The highest BCUT2D eigenvalue weighted by atomic mass is 35.5. The molecule has 4 rings (SSSR count). The predicted octanol–water partition coefficient (Wildman–Crippen LogP) is 3.61. The number of fused-ring (bicyclic) bond motifs is 1. The van der Waals surface area contributed by atoms with Gasteiger partial charge in [-0.25, -0.2) is 4.98 Å². The number of hydrogen-bond acceptors (Lipinski definition) is 6. The van der Waals surface area contributed by atoms with Crippen molar-refractivity contribution in [1.29, 1.82) is 0 Å². The molecule has 2 N–H and O–H groups in total. The van der Waals surface area contributed by atoms with Gasteiger partial charge in [0.2, 0.25) is 11.8 Å². The molecule has 9 heteroatoms. The molecule has 0 bridgehead atoms. The van der Waals surface area contributed by atoms with Crippen molar-refractivity contribution in [3.63, 3.8) is 0 Å². The van der Waals surface area contributed by atoms with Gasteiger partial charge in [-0.3, -0.25) is 19.6 Å². The predicted molar refractivity (Wildman–Crippen MR) is 117 cm³/mol. The van der Waals surface area contributed by atoms with E-state index in [1.807, 2.05) is 0 Å². The number of anilines is 1. The third-order valence-corrected chi connectivity index (χ3v) is 5.80. The van der Waals surface area contributed by atoms with E-state index in [9.17, 15) is 9.59 Å². The molecule has 1 saturated carbocycles. The molecule has 1 fully saturated rings. The summed E-state index contributed by atoms with van der Waals surface area (Å²) in [4.78, 5) is 38.1. The van der Waals surface area contributed by atoms with E-state index < -0.39 is 0 Å². The minimum absolute atomic E-state index is 0.00708. The van der Waals surface area contributed by atoms with Crippen molar-refractivity contribution >= 4 is 40.1 Å². The molecule has 0 spiro atoms. The SMILES string of the molecule is COc1ccc2nccc(C(=O)NC3CCC(C(=O)Nc4cnccc4Cl)CC3)c2n1. The minimum atomic E-state index is -0.205. The highest BCUT2D eigenvalue weighted by Gasteiger charge is 2.28. The van der Waals surface area contributed by atoms with Crippen molar-refractivity contribution in [2.75, 3.05) is 12.4 Å². The number of aromatic nitrogens is 3. The summed E-state index contributed by atoms with van der Waals surface area (Å²) in [6.45, 7) is 0. The van der Waals surface area contributed by atoms with E-state index in [1.54, 1.807) is 36.7 Å². The topological polar surface area (TPSA) is 106 Å². The molecule has 0 saturated heterocycles. The first-order chi connectivity index (χ1) is 15.0. The van der Waals surface area contributed by atoms with Crippen LogP contribution in [0.25, 0.3) is 11.0 Å². The number of rotatable bonds is 5. The van der Waals surface area contributed by atoms with Gasteiger partial charge in [0, 0.05) is 30.4 Å². The number of carbonyl (C=O) groups is 2. The van der Waals surface area contributed by atoms with Gasteiger partial charge in [0.15, 0.2) is 0 Å². The van der Waals surface area contributed by atoms with Crippen LogP contribution in [0.5, 0.6) is 5.88 Å². The number of hydrogen-bond donors (Lipinski definition) is 2. The van der Waals surface area contributed by atoms with Crippen LogP contribution in [0.2, 0.25) is 5.02 Å². The lowest BCUT2D eigenvalue weighted by molar-refractivity contribution is -0.120. The lowest BCUT2D eigenvalue weighted by atomic mass is 9.85. The van der Waals surface area contributed by atoms with Crippen LogP contribution in [0.3, 0.4) is 0 Å². The minimum Gasteiger partial charge on any atom is -0.481 e. The zero-order valence-corrected chi connectivity index (χ0v) is 17.7. The number of methoxy groups -OCH3 is 1. The van der Waals surface area contributed by atoms with Crippen molar-refractivity contribution in [1.82, 2.24) is 20.3 Å². The quantitative estimate of drug-likeness (QED) is 0.629. The van der Waals surface area contributed by atoms with Crippen molar-refractivity contribution in [2.45, 2.75) is 31.7 Å². The van der Waals surface area contributed by atoms with Gasteiger partial charge in [0.25, 0.3) is 5.91 Å². The first-order valence-corrected chi connectivity index (χ1v) is 10.4. The molecular weight excluding hydrogens is 418 g/mol. The van der Waals surface area contributed by atoms with E-state index in [0.29, 0.717) is 58.9 Å². The summed E-state index contributed by atoms with van der Waals surface area (Å²) in [5.41, 5.74) is 2.09. The van der Waals surface area contributed by atoms with E-state index >= 15 is 0 Å². The number of nitrogens with zero attached hydrogens (tertiary/aromatic N) is 3. The Balaban J connectivity index is 1.37. The van der Waals surface area contributed by atoms with Crippen LogP contribution in [0, 0.1) is 5.92 Å². The summed E-state index contributed by atoms with van der Waals surface area (Å²) < 4.78 is 5.17. The summed E-state index contributed by atoms with van der Waals surface area (Å²) in [5, 5.41) is 6.37. The largest absolute Gasteiger partial charge is 0.481 e. The maximum Gasteiger partial charge on any atom is 0.253 e. The van der Waals surface area contributed by atoms with Gasteiger partial charge in [0.05, 0.1) is 35.1 Å². The summed E-state index contributed by atoms with van der Waals surface area (Å²) >= 11 is 6.09. The molecule has 2 amide bonds. The van der Waals surface area contributed by atoms with Crippen LogP contribution < -0.4 is 15.4 Å². The fourth-order valence-electron chi connectivity index (χ4n) is 3.77. The standard InChI is InChI=1S/C22H22ClN5O3/c1-31-19-7-6-17-20(28-19)15(8-11-25-17)22(30)26-14-4-2-13(3-5-14)21(29)27-18-12-24-10-9-16(18)23/h6-14H,2-5H2,1H3,(H,26,30)(H,27,29). The lowest BCUT2D eigenvalue weighted by Crippen LogP contribution is -2.39. The third-order valence-electron chi connectivity index (χ3n) is 5.47. The molecule has 3 aromatic heterocycles. The molecule has 0 atom stereocenters. The first kappa shape index (κ1) is 21.0. The normalized spacial score (nSPS) is 18.4. The molecular formula is C22H22ClN5O3. The van der Waals surface area contributed by atoms with Gasteiger partial charge in [-0.15, -0.1) is 0 Å². The highest BCUT2D eigenvalue weighted by molar-refractivity contribution is 6.33. The Bertz CT molecular complexity index is 1120. The van der Waals surface area contributed by atoms with Crippen LogP contribution in [-0.4, -0.2) is 39.9 Å². The van der Waals surface area contributed by atoms with Crippen LogP contribution in [0.4, 0.5) is 5.69 Å². The molecule has 8 nitrogen and oxygen atoms in total. The van der Waals surface area contributed by atoms with E-state index in [0.717, 1.165) is 0 Å². The Morgan fingerprint density at radius 2 is 1.90 bits per heavy atom. The molecule has 0 radical (unpaired) electrons. The zero-order valence-electron chi connectivity index (χ0n) is 17.0. The smallest absolute Gasteiger partial charge is 0.253 e. The lowest BCUT2D eigenvalue weighted by Gasteiger charge is -2.28. The van der Waals surface area contributed by atoms with Crippen molar-refractivity contribution < 1.29 is 14.3 Å². The second-order valence-corrected chi connectivity index (χ2v) is 7.85. The van der Waals surface area contributed by atoms with Crippen LogP contribution in [0.15, 0.2) is 42.9 Å². The number of nitrogens with one attached hydrogen (secondary N) is 2. The molecule has 1 aliphatic rings. The van der Waals surface area contributed by atoms with E-state index in [2.05, 4.69) is 25.6 Å². The molecule has 3 heterocycles. The third kappa shape index (κ3) is 4.74. The van der Waals surface area contributed by atoms with E-state index in [-0.39, 0.29) is 23.8 Å². The maximum absolute atomic E-state index is 12.9. The van der Waals surface area contributed by atoms with Crippen LogP contribution in [-0.2, 0) is 4.79 Å². The van der Waals surface area contributed by atoms with Crippen molar-refractivity contribution in [3.8, 4) is 5.88 Å². The molecule has 1 aliphatic carbocycles. The summed E-state index contributed by atoms with van der Waals surface area (Å²) in [7, 11) is 1.53. The van der Waals surface area contributed by atoms with Gasteiger partial charge < -0.3 is 15.4 Å². The number of ether oxygens (including phenoxy) is 1. The Hall–Kier alpha value is -3.26. The molecule has 31 heavy (non-hydrogen) atoms. The highest BCUT2D eigenvalue weighted by Crippen LogP contribution is 2.28. The fraction of sp³-hybridized carbons (Fsp3) is 0.318. The Kier molecular flexibility index (Phi) is 6.27. The number of halogens is 1. The molecule has 0 aromatic carbocycles. The monoisotopic (exact) mass is 439 g/mol. The second kappa shape index (κ2) is 9.26. The molecule has 0 unspecified atom stereocenters. The Labute approximate surface area is 184 Å². The van der Waals surface area contributed by atoms with Gasteiger partial charge >= 0.3 is 0 Å². The summed E-state index contributed by atoms with van der Waals surface area (Å²) in [6, 6.07) is 6.77. The fourth-order valence-corrected chi connectivity index (χ4v) is 3.92. The first-order valence-electron chi connectivity index (χ1n) is 10.1. The number of pyridine rings is 3.